The molecule has 6 nitrogen and oxygen atoms in total. The molecule has 0 saturated heterocycles. The number of esters is 3. The van der Waals surface area contributed by atoms with Gasteiger partial charge >= 0.3 is 17.9 Å². The summed E-state index contributed by atoms with van der Waals surface area (Å²) in [6.07, 6.45) is 2.10. The lowest BCUT2D eigenvalue weighted by atomic mass is 10.2. The van der Waals surface area contributed by atoms with E-state index in [0.717, 1.165) is 17.7 Å². The lowest BCUT2D eigenvalue weighted by Crippen LogP contribution is -2.07. The van der Waals surface area contributed by atoms with Gasteiger partial charge in [-0.2, -0.15) is 0 Å². The molecule has 1 heterocycles. The van der Waals surface area contributed by atoms with Crippen LogP contribution in [0.4, 0.5) is 0 Å². The van der Waals surface area contributed by atoms with Crippen molar-refractivity contribution in [3.05, 3.63) is 23.5 Å². The van der Waals surface area contributed by atoms with Crippen LogP contribution in [0.5, 0.6) is 0 Å². The molecule has 1 aliphatic heterocycles. The fraction of sp³-hybridized carbons (Fsp3) is 0.364. The van der Waals surface area contributed by atoms with Gasteiger partial charge in [-0.3, -0.25) is 4.79 Å². The Hall–Kier alpha value is -2.11. The van der Waals surface area contributed by atoms with Crippen LogP contribution in [-0.2, 0) is 28.6 Å². The number of hydrogen-bond donors (Lipinski definition) is 0. The summed E-state index contributed by atoms with van der Waals surface area (Å²) >= 11 is 0. The maximum Gasteiger partial charge on any atom is 0.331 e. The van der Waals surface area contributed by atoms with Crippen molar-refractivity contribution in [3.63, 3.8) is 0 Å². The molecule has 0 N–H and O–H groups in total. The molecule has 0 aromatic heterocycles. The van der Waals surface area contributed by atoms with E-state index in [9.17, 15) is 14.4 Å². The zero-order valence-electron chi connectivity index (χ0n) is 9.52. The lowest BCUT2D eigenvalue weighted by Gasteiger charge is -2.03. The maximum atomic E-state index is 11.1. The van der Waals surface area contributed by atoms with E-state index in [1.165, 1.54) is 7.11 Å². The van der Waals surface area contributed by atoms with E-state index >= 15 is 0 Å². The molecular weight excluding hydrogens is 228 g/mol. The Morgan fingerprint density at radius 1 is 1.35 bits per heavy atom. The average molecular weight is 240 g/mol. The van der Waals surface area contributed by atoms with E-state index in [4.69, 9.17) is 9.47 Å². The van der Waals surface area contributed by atoms with E-state index in [0.29, 0.717) is 5.76 Å². The summed E-state index contributed by atoms with van der Waals surface area (Å²) in [4.78, 5) is 32.7. The first-order valence-corrected chi connectivity index (χ1v) is 4.85. The van der Waals surface area contributed by atoms with E-state index in [-0.39, 0.29) is 19.0 Å². The molecule has 0 fully saturated rings. The second-order valence-electron chi connectivity index (χ2n) is 3.32. The highest BCUT2D eigenvalue weighted by Gasteiger charge is 2.21. The number of carbonyl (C=O) groups excluding carboxylic acids is 3. The summed E-state index contributed by atoms with van der Waals surface area (Å²) < 4.78 is 13.9. The predicted octanol–water partition coefficient (Wildman–Crippen LogP) is 0.480. The van der Waals surface area contributed by atoms with Crippen LogP contribution in [0, 0.1) is 0 Å². The normalized spacial score (nSPS) is 15.1. The van der Waals surface area contributed by atoms with Gasteiger partial charge in [-0.15, -0.1) is 0 Å². The highest BCUT2D eigenvalue weighted by molar-refractivity contribution is 5.91. The zero-order valence-corrected chi connectivity index (χ0v) is 9.52. The number of cyclic esters (lactones) is 1. The Labute approximate surface area is 97.8 Å². The third kappa shape index (κ3) is 4.10. The molecule has 0 aliphatic carbocycles. The Balaban J connectivity index is 2.39. The van der Waals surface area contributed by atoms with Crippen LogP contribution in [0.2, 0.25) is 0 Å². The minimum absolute atomic E-state index is 0.123. The number of hydrogen-bond acceptors (Lipinski definition) is 6. The molecule has 0 bridgehead atoms. The Bertz CT molecular complexity index is 404. The third-order valence-corrected chi connectivity index (χ3v) is 2.02. The molecule has 0 radical (unpaired) electrons. The molecule has 1 aliphatic rings. The monoisotopic (exact) mass is 240 g/mol. The van der Waals surface area contributed by atoms with Crippen LogP contribution in [0.3, 0.4) is 0 Å². The van der Waals surface area contributed by atoms with E-state index in [1.54, 1.807) is 6.92 Å². The van der Waals surface area contributed by atoms with Gasteiger partial charge in [-0.1, -0.05) is 0 Å². The molecule has 92 valence electrons. The average Bonchev–Trinajstić information content (AvgIpc) is 2.62. The van der Waals surface area contributed by atoms with Gasteiger partial charge in [0.15, 0.2) is 0 Å². The van der Waals surface area contributed by atoms with Gasteiger partial charge < -0.3 is 14.2 Å². The summed E-state index contributed by atoms with van der Waals surface area (Å²) in [6.45, 7) is 1.60. The lowest BCUT2D eigenvalue weighted by molar-refractivity contribution is -0.142. The highest BCUT2D eigenvalue weighted by atomic mass is 16.6. The Kier molecular flexibility index (Phi) is 4.45. The molecular formula is C11H12O6. The molecule has 17 heavy (non-hydrogen) atoms. The molecule has 0 atom stereocenters. The summed E-state index contributed by atoms with van der Waals surface area (Å²) in [5.74, 6) is -1.38. The number of ether oxygens (including phenoxy) is 3. The molecule has 1 rings (SSSR count). The van der Waals surface area contributed by atoms with Crippen molar-refractivity contribution in [1.82, 2.24) is 0 Å². The van der Waals surface area contributed by atoms with Gasteiger partial charge in [0.1, 0.15) is 12.4 Å². The van der Waals surface area contributed by atoms with Crippen molar-refractivity contribution in [2.75, 3.05) is 13.7 Å². The van der Waals surface area contributed by atoms with Crippen LogP contribution in [0.1, 0.15) is 13.3 Å². The quantitative estimate of drug-likeness (QED) is 0.404. The van der Waals surface area contributed by atoms with Crippen molar-refractivity contribution in [2.45, 2.75) is 13.3 Å². The van der Waals surface area contributed by atoms with Crippen LogP contribution in [0.15, 0.2) is 23.5 Å². The molecule has 0 spiro atoms. The van der Waals surface area contributed by atoms with Crippen molar-refractivity contribution in [3.8, 4) is 0 Å². The van der Waals surface area contributed by atoms with Gasteiger partial charge in [0.25, 0.3) is 0 Å². The second-order valence-corrected chi connectivity index (χ2v) is 3.32. The van der Waals surface area contributed by atoms with Crippen molar-refractivity contribution in [1.29, 1.82) is 0 Å². The second kappa shape index (κ2) is 5.83. The van der Waals surface area contributed by atoms with Gasteiger partial charge in [0.2, 0.25) is 0 Å². The third-order valence-electron chi connectivity index (χ3n) is 2.02. The van der Waals surface area contributed by atoms with E-state index in [2.05, 4.69) is 4.74 Å². The summed E-state index contributed by atoms with van der Waals surface area (Å²) in [7, 11) is 1.20. The number of rotatable bonds is 4. The topological polar surface area (TPSA) is 78.9 Å². The Morgan fingerprint density at radius 3 is 2.53 bits per heavy atom. The molecule has 0 aromatic carbocycles. The van der Waals surface area contributed by atoms with Gasteiger partial charge in [0.05, 0.1) is 13.5 Å². The smallest absolute Gasteiger partial charge is 0.331 e. The SMILES string of the molecule is COC(=O)/C=C/C(=O)OCC1=C(C)CC(=O)O1. The predicted molar refractivity (Wildman–Crippen MR) is 55.5 cm³/mol. The fourth-order valence-electron chi connectivity index (χ4n) is 1.12. The van der Waals surface area contributed by atoms with Crippen molar-refractivity contribution < 1.29 is 28.6 Å². The minimum Gasteiger partial charge on any atom is -0.466 e. The summed E-state index contributed by atoms with van der Waals surface area (Å²) in [6, 6.07) is 0. The minimum atomic E-state index is -0.710. The van der Waals surface area contributed by atoms with E-state index < -0.39 is 11.9 Å². The Morgan fingerprint density at radius 2 is 2.00 bits per heavy atom. The van der Waals surface area contributed by atoms with Crippen molar-refractivity contribution in [2.24, 2.45) is 0 Å². The molecule has 0 amide bonds. The first-order valence-electron chi connectivity index (χ1n) is 4.85. The van der Waals surface area contributed by atoms with Gasteiger partial charge in [-0.05, 0) is 12.5 Å². The van der Waals surface area contributed by atoms with Crippen LogP contribution >= 0.6 is 0 Å². The number of carbonyl (C=O) groups is 3. The molecule has 0 aromatic rings. The maximum absolute atomic E-state index is 11.1. The first-order chi connectivity index (χ1) is 8.02. The van der Waals surface area contributed by atoms with Gasteiger partial charge in [-0.25, -0.2) is 9.59 Å². The van der Waals surface area contributed by atoms with Crippen LogP contribution < -0.4 is 0 Å². The standard InChI is InChI=1S/C11H12O6/c1-7-5-11(14)17-8(7)6-16-10(13)4-3-9(12)15-2/h3-4H,5-6H2,1-2H3/b4-3+. The fourth-order valence-corrected chi connectivity index (χ4v) is 1.12. The molecule has 6 heteroatoms. The van der Waals surface area contributed by atoms with Crippen molar-refractivity contribution >= 4 is 17.9 Å². The van der Waals surface area contributed by atoms with Gasteiger partial charge in [0, 0.05) is 12.2 Å². The summed E-state index contributed by atoms with van der Waals surface area (Å²) in [5, 5.41) is 0. The largest absolute Gasteiger partial charge is 0.466 e. The first kappa shape index (κ1) is 13.0. The molecule has 0 unspecified atom stereocenters. The number of methoxy groups -OCH3 is 1. The van der Waals surface area contributed by atoms with E-state index in [1.807, 2.05) is 0 Å². The molecule has 0 saturated carbocycles. The highest BCUT2D eigenvalue weighted by Crippen LogP contribution is 2.19. The zero-order chi connectivity index (χ0) is 12.8. The van der Waals surface area contributed by atoms with Crippen LogP contribution in [-0.4, -0.2) is 31.6 Å². The summed E-state index contributed by atoms with van der Waals surface area (Å²) in [5.41, 5.74) is 0.736. The van der Waals surface area contributed by atoms with Crippen LogP contribution in [0.25, 0.3) is 0 Å².